The van der Waals surface area contributed by atoms with E-state index < -0.39 is 0 Å². The highest BCUT2D eigenvalue weighted by atomic mass is 16.3. The van der Waals surface area contributed by atoms with Gasteiger partial charge in [-0.1, -0.05) is 38.3 Å². The molecule has 2 nitrogen and oxygen atoms in total. The van der Waals surface area contributed by atoms with Gasteiger partial charge in [0.2, 0.25) is 0 Å². The van der Waals surface area contributed by atoms with E-state index in [9.17, 15) is 0 Å². The van der Waals surface area contributed by atoms with Gasteiger partial charge in [0.1, 0.15) is 0 Å². The first-order valence-corrected chi connectivity index (χ1v) is 6.88. The molecule has 0 atom stereocenters. The van der Waals surface area contributed by atoms with E-state index in [1.807, 2.05) is 0 Å². The zero-order valence-corrected chi connectivity index (χ0v) is 10.9. The molecule has 0 aliphatic rings. The molecule has 96 valence electrons. The third kappa shape index (κ3) is 13.7. The Hall–Kier alpha value is -0.340. The van der Waals surface area contributed by atoms with Crippen molar-refractivity contribution in [2.24, 2.45) is 0 Å². The molecular formula is C14H29NO. The number of aliphatic hydroxyl groups is 1. The topological polar surface area (TPSA) is 32.3 Å². The molecule has 0 aliphatic heterocycles. The van der Waals surface area contributed by atoms with Gasteiger partial charge in [0, 0.05) is 6.54 Å². The van der Waals surface area contributed by atoms with Crippen LogP contribution in [0.1, 0.15) is 58.3 Å². The van der Waals surface area contributed by atoms with Crippen molar-refractivity contribution < 1.29 is 5.11 Å². The molecule has 0 amide bonds. The van der Waals surface area contributed by atoms with Crippen LogP contribution in [0.5, 0.6) is 0 Å². The Labute approximate surface area is 101 Å². The second-order valence-electron chi connectivity index (χ2n) is 4.29. The summed E-state index contributed by atoms with van der Waals surface area (Å²) < 4.78 is 0. The summed E-state index contributed by atoms with van der Waals surface area (Å²) in [5, 5.41) is 11.7. The van der Waals surface area contributed by atoms with E-state index in [2.05, 4.69) is 24.4 Å². The van der Waals surface area contributed by atoms with E-state index >= 15 is 0 Å². The van der Waals surface area contributed by atoms with E-state index in [1.165, 1.54) is 51.4 Å². The molecule has 0 spiro atoms. The second-order valence-corrected chi connectivity index (χ2v) is 4.29. The number of allylic oxidation sites excluding steroid dienone is 2. The molecule has 0 radical (unpaired) electrons. The van der Waals surface area contributed by atoms with Crippen LogP contribution in [0.15, 0.2) is 12.2 Å². The first kappa shape index (κ1) is 15.7. The van der Waals surface area contributed by atoms with Gasteiger partial charge in [-0.3, -0.25) is 0 Å². The second kappa shape index (κ2) is 14.7. The highest BCUT2D eigenvalue weighted by Crippen LogP contribution is 2.03. The largest absolute Gasteiger partial charge is 0.395 e. The smallest absolute Gasteiger partial charge is 0.0555 e. The zero-order chi connectivity index (χ0) is 11.9. The fraction of sp³-hybridized carbons (Fsp3) is 0.857. The van der Waals surface area contributed by atoms with Crippen molar-refractivity contribution in [1.82, 2.24) is 5.32 Å². The molecule has 0 aromatic rings. The van der Waals surface area contributed by atoms with Crippen molar-refractivity contribution in [2.75, 3.05) is 19.7 Å². The average Bonchev–Trinajstić information content (AvgIpc) is 2.31. The highest BCUT2D eigenvalue weighted by Gasteiger charge is 1.88. The molecular weight excluding hydrogens is 198 g/mol. The van der Waals surface area contributed by atoms with Gasteiger partial charge in [-0.15, -0.1) is 0 Å². The summed E-state index contributed by atoms with van der Waals surface area (Å²) >= 11 is 0. The van der Waals surface area contributed by atoms with Gasteiger partial charge in [-0.05, 0) is 38.6 Å². The quantitative estimate of drug-likeness (QED) is 0.396. The summed E-state index contributed by atoms with van der Waals surface area (Å²) in [6, 6.07) is 0. The van der Waals surface area contributed by atoms with E-state index in [0.29, 0.717) is 0 Å². The standard InChI is InChI=1S/C14H29NO/c1-2-3-4-5-6-7-8-9-10-11-12-15-13-14-16/h6-7,15-16H,2-5,8-14H2,1H3/b7-6-. The molecule has 2 N–H and O–H groups in total. The highest BCUT2D eigenvalue weighted by molar-refractivity contribution is 4.81. The van der Waals surface area contributed by atoms with Crippen molar-refractivity contribution >= 4 is 0 Å². The molecule has 0 fully saturated rings. The van der Waals surface area contributed by atoms with Crippen LogP contribution >= 0.6 is 0 Å². The summed E-state index contributed by atoms with van der Waals surface area (Å²) in [5.74, 6) is 0. The number of hydrogen-bond acceptors (Lipinski definition) is 2. The third-order valence-corrected chi connectivity index (χ3v) is 2.65. The van der Waals surface area contributed by atoms with Crippen molar-refractivity contribution in [2.45, 2.75) is 58.3 Å². The third-order valence-electron chi connectivity index (χ3n) is 2.65. The van der Waals surface area contributed by atoms with Gasteiger partial charge in [0.25, 0.3) is 0 Å². The molecule has 0 bridgehead atoms. The summed E-state index contributed by atoms with van der Waals surface area (Å²) in [6.07, 6.45) is 15.0. The number of hydrogen-bond donors (Lipinski definition) is 2. The minimum absolute atomic E-state index is 0.250. The number of aliphatic hydroxyl groups excluding tert-OH is 1. The predicted octanol–water partition coefficient (Wildman–Crippen LogP) is 3.27. The lowest BCUT2D eigenvalue weighted by Gasteiger charge is -2.01. The Morgan fingerprint density at radius 1 is 0.875 bits per heavy atom. The lowest BCUT2D eigenvalue weighted by Crippen LogP contribution is -2.19. The summed E-state index contributed by atoms with van der Waals surface area (Å²) in [7, 11) is 0. The van der Waals surface area contributed by atoms with Crippen LogP contribution in [0.4, 0.5) is 0 Å². The maximum absolute atomic E-state index is 8.56. The molecule has 0 saturated carbocycles. The Morgan fingerprint density at radius 2 is 1.56 bits per heavy atom. The molecule has 2 heteroatoms. The fourth-order valence-electron chi connectivity index (χ4n) is 1.64. The van der Waals surface area contributed by atoms with Crippen LogP contribution in [-0.4, -0.2) is 24.8 Å². The van der Waals surface area contributed by atoms with Crippen molar-refractivity contribution in [3.05, 3.63) is 12.2 Å². The maximum atomic E-state index is 8.56. The monoisotopic (exact) mass is 227 g/mol. The van der Waals surface area contributed by atoms with Gasteiger partial charge in [-0.2, -0.15) is 0 Å². The molecule has 0 aromatic carbocycles. The van der Waals surface area contributed by atoms with Crippen molar-refractivity contribution in [1.29, 1.82) is 0 Å². The van der Waals surface area contributed by atoms with E-state index in [4.69, 9.17) is 5.11 Å². The Balaban J connectivity index is 2.97. The first-order chi connectivity index (χ1) is 7.91. The van der Waals surface area contributed by atoms with E-state index in [0.717, 1.165) is 13.1 Å². The maximum Gasteiger partial charge on any atom is 0.0555 e. The molecule has 0 unspecified atom stereocenters. The van der Waals surface area contributed by atoms with Gasteiger partial charge in [-0.25, -0.2) is 0 Å². The van der Waals surface area contributed by atoms with Crippen LogP contribution in [-0.2, 0) is 0 Å². The van der Waals surface area contributed by atoms with Crippen LogP contribution in [0, 0.1) is 0 Å². The Kier molecular flexibility index (Phi) is 14.3. The minimum Gasteiger partial charge on any atom is -0.395 e. The number of rotatable bonds is 12. The lowest BCUT2D eigenvalue weighted by molar-refractivity contribution is 0.292. The normalized spacial score (nSPS) is 11.4. The Morgan fingerprint density at radius 3 is 2.19 bits per heavy atom. The van der Waals surface area contributed by atoms with Crippen LogP contribution in [0.2, 0.25) is 0 Å². The molecule has 0 rings (SSSR count). The molecule has 0 saturated heterocycles. The molecule has 0 aliphatic carbocycles. The zero-order valence-electron chi connectivity index (χ0n) is 10.9. The number of nitrogens with one attached hydrogen (secondary N) is 1. The lowest BCUT2D eigenvalue weighted by atomic mass is 10.1. The fourth-order valence-corrected chi connectivity index (χ4v) is 1.64. The summed E-state index contributed by atoms with van der Waals surface area (Å²) in [4.78, 5) is 0. The van der Waals surface area contributed by atoms with Gasteiger partial charge in [0.15, 0.2) is 0 Å². The van der Waals surface area contributed by atoms with Gasteiger partial charge in [0.05, 0.1) is 6.61 Å². The Bertz CT molecular complexity index is 146. The number of unbranched alkanes of at least 4 members (excludes halogenated alkanes) is 6. The predicted molar refractivity (Wildman–Crippen MR) is 71.7 cm³/mol. The van der Waals surface area contributed by atoms with E-state index in [-0.39, 0.29) is 6.61 Å². The molecule has 16 heavy (non-hydrogen) atoms. The van der Waals surface area contributed by atoms with Crippen LogP contribution < -0.4 is 5.32 Å². The minimum atomic E-state index is 0.250. The van der Waals surface area contributed by atoms with Crippen molar-refractivity contribution in [3.63, 3.8) is 0 Å². The average molecular weight is 227 g/mol. The van der Waals surface area contributed by atoms with Crippen LogP contribution in [0.25, 0.3) is 0 Å². The van der Waals surface area contributed by atoms with Gasteiger partial charge < -0.3 is 10.4 Å². The molecule has 0 aromatic heterocycles. The van der Waals surface area contributed by atoms with Gasteiger partial charge >= 0.3 is 0 Å². The van der Waals surface area contributed by atoms with Crippen molar-refractivity contribution in [3.8, 4) is 0 Å². The molecule has 0 heterocycles. The van der Waals surface area contributed by atoms with Crippen LogP contribution in [0.3, 0.4) is 0 Å². The first-order valence-electron chi connectivity index (χ1n) is 6.88. The SMILES string of the molecule is CCCCC/C=C\CCCCCNCCO. The summed E-state index contributed by atoms with van der Waals surface area (Å²) in [5.41, 5.74) is 0. The van der Waals surface area contributed by atoms with E-state index in [1.54, 1.807) is 0 Å². The summed E-state index contributed by atoms with van der Waals surface area (Å²) in [6.45, 7) is 4.27.